The third kappa shape index (κ3) is 2.61. The van der Waals surface area contributed by atoms with Gasteiger partial charge in [-0.05, 0) is 42.3 Å². The average molecular weight is 218 g/mol. The normalized spacial score (nSPS) is 9.85. The Morgan fingerprint density at radius 1 is 1.38 bits per heavy atom. The molecule has 13 heavy (non-hydrogen) atoms. The summed E-state index contributed by atoms with van der Waals surface area (Å²) in [5.74, 6) is 0. The van der Waals surface area contributed by atoms with Crippen LogP contribution in [0.4, 0.5) is 10.5 Å². The molecule has 0 spiro atoms. The predicted molar refractivity (Wildman–Crippen MR) is 55.8 cm³/mol. The molecule has 0 aliphatic rings. The van der Waals surface area contributed by atoms with Crippen LogP contribution in [-0.4, -0.2) is 12.4 Å². The Kier molecular flexibility index (Phi) is 3.17. The monoisotopic (exact) mass is 217 g/mol. The van der Waals surface area contributed by atoms with E-state index >= 15 is 0 Å². The van der Waals surface area contributed by atoms with Crippen LogP contribution in [0.25, 0.3) is 0 Å². The topological polar surface area (TPSA) is 20.3 Å². The number of aryl methyl sites for hydroxylation is 1. The van der Waals surface area contributed by atoms with Crippen LogP contribution in [0.2, 0.25) is 5.02 Å². The maximum atomic E-state index is 10.8. The highest BCUT2D eigenvalue weighted by atomic mass is 35.5. The quantitative estimate of drug-likeness (QED) is 0.522. The van der Waals surface area contributed by atoms with Gasteiger partial charge in [0.05, 0.1) is 0 Å². The van der Waals surface area contributed by atoms with Crippen LogP contribution in [-0.2, 0) is 0 Å². The fourth-order valence-corrected chi connectivity index (χ4v) is 1.39. The van der Waals surface area contributed by atoms with Crippen LogP contribution < -0.4 is 4.90 Å². The first-order valence-corrected chi connectivity index (χ1v) is 4.46. The second-order valence-electron chi connectivity index (χ2n) is 2.80. The maximum Gasteiger partial charge on any atom is 0.320 e. The molecule has 0 saturated heterocycles. The largest absolute Gasteiger partial charge is 0.320 e. The van der Waals surface area contributed by atoms with E-state index in [2.05, 4.69) is 0 Å². The zero-order valence-corrected chi connectivity index (χ0v) is 8.86. The summed E-state index contributed by atoms with van der Waals surface area (Å²) in [4.78, 5) is 12.1. The lowest BCUT2D eigenvalue weighted by Crippen LogP contribution is -2.19. The standard InChI is InChI=1S/C9H9Cl2NO/c1-6-3-7(10)5-8(4-6)12(2)9(11)13/h3-5H,1-2H3. The van der Waals surface area contributed by atoms with Gasteiger partial charge in [0.1, 0.15) is 0 Å². The van der Waals surface area contributed by atoms with E-state index in [1.807, 2.05) is 19.1 Å². The van der Waals surface area contributed by atoms with E-state index < -0.39 is 5.37 Å². The molecular formula is C9H9Cl2NO. The molecule has 0 aromatic heterocycles. The van der Waals surface area contributed by atoms with Crippen molar-refractivity contribution in [3.05, 3.63) is 28.8 Å². The van der Waals surface area contributed by atoms with Crippen LogP contribution in [0.3, 0.4) is 0 Å². The molecule has 0 unspecified atom stereocenters. The first kappa shape index (κ1) is 10.4. The Labute approximate surface area is 87.1 Å². The summed E-state index contributed by atoms with van der Waals surface area (Å²) >= 11 is 11.1. The number of halogens is 2. The Morgan fingerprint density at radius 3 is 2.46 bits per heavy atom. The Bertz CT molecular complexity index is 318. The number of rotatable bonds is 1. The zero-order valence-electron chi connectivity index (χ0n) is 7.34. The van der Waals surface area contributed by atoms with Gasteiger partial charge in [0, 0.05) is 17.8 Å². The molecule has 0 aliphatic heterocycles. The van der Waals surface area contributed by atoms with Crippen LogP contribution in [0.5, 0.6) is 0 Å². The molecule has 0 fully saturated rings. The van der Waals surface area contributed by atoms with E-state index in [0.717, 1.165) is 5.56 Å². The van der Waals surface area contributed by atoms with Gasteiger partial charge in [-0.1, -0.05) is 11.6 Å². The number of anilines is 1. The predicted octanol–water partition coefficient (Wildman–Crippen LogP) is 3.44. The van der Waals surface area contributed by atoms with Crippen molar-refractivity contribution in [3.8, 4) is 0 Å². The van der Waals surface area contributed by atoms with Gasteiger partial charge < -0.3 is 4.90 Å². The Morgan fingerprint density at radius 2 is 2.00 bits per heavy atom. The Balaban J connectivity index is 3.07. The molecule has 1 rings (SSSR count). The third-order valence-electron chi connectivity index (χ3n) is 1.68. The van der Waals surface area contributed by atoms with E-state index in [1.165, 1.54) is 4.90 Å². The lowest BCUT2D eigenvalue weighted by molar-refractivity contribution is 0.265. The molecule has 1 aromatic rings. The number of carbonyl (C=O) groups excluding carboxylic acids is 1. The molecule has 2 nitrogen and oxygen atoms in total. The van der Waals surface area contributed by atoms with Gasteiger partial charge >= 0.3 is 5.37 Å². The molecule has 0 heterocycles. The Hall–Kier alpha value is -0.730. The van der Waals surface area contributed by atoms with Gasteiger partial charge in [0.2, 0.25) is 0 Å². The highest BCUT2D eigenvalue weighted by molar-refractivity contribution is 6.66. The van der Waals surface area contributed by atoms with E-state index in [9.17, 15) is 4.79 Å². The van der Waals surface area contributed by atoms with Crippen molar-refractivity contribution < 1.29 is 4.79 Å². The van der Waals surface area contributed by atoms with Crippen LogP contribution in [0.15, 0.2) is 18.2 Å². The number of carbonyl (C=O) groups is 1. The number of nitrogens with zero attached hydrogens (tertiary/aromatic N) is 1. The number of amides is 1. The fourth-order valence-electron chi connectivity index (χ4n) is 1.01. The van der Waals surface area contributed by atoms with Crippen LogP contribution >= 0.6 is 23.2 Å². The van der Waals surface area contributed by atoms with E-state index in [-0.39, 0.29) is 0 Å². The van der Waals surface area contributed by atoms with Crippen LogP contribution in [0, 0.1) is 6.92 Å². The second-order valence-corrected chi connectivity index (χ2v) is 3.56. The smallest absolute Gasteiger partial charge is 0.302 e. The molecule has 4 heteroatoms. The summed E-state index contributed by atoms with van der Waals surface area (Å²) in [6.07, 6.45) is 0. The minimum Gasteiger partial charge on any atom is -0.302 e. The lowest BCUT2D eigenvalue weighted by Gasteiger charge is -2.14. The summed E-state index contributed by atoms with van der Waals surface area (Å²) in [5.41, 5.74) is 1.69. The van der Waals surface area contributed by atoms with E-state index in [4.69, 9.17) is 23.2 Å². The summed E-state index contributed by atoms with van der Waals surface area (Å²) in [7, 11) is 1.60. The SMILES string of the molecule is Cc1cc(Cl)cc(N(C)C(=O)Cl)c1. The molecule has 0 N–H and O–H groups in total. The van der Waals surface area contributed by atoms with Gasteiger partial charge in [0.15, 0.2) is 0 Å². The van der Waals surface area contributed by atoms with Gasteiger partial charge in [0.25, 0.3) is 0 Å². The van der Waals surface area contributed by atoms with E-state index in [1.54, 1.807) is 13.1 Å². The molecule has 1 amide bonds. The van der Waals surface area contributed by atoms with Crippen molar-refractivity contribution in [2.24, 2.45) is 0 Å². The van der Waals surface area contributed by atoms with Crippen molar-refractivity contribution in [1.82, 2.24) is 0 Å². The molecule has 70 valence electrons. The number of benzene rings is 1. The molecule has 0 bridgehead atoms. The van der Waals surface area contributed by atoms with Crippen molar-refractivity contribution >= 4 is 34.3 Å². The summed E-state index contributed by atoms with van der Waals surface area (Å²) in [5, 5.41) is 0.0708. The number of hydrogen-bond acceptors (Lipinski definition) is 1. The van der Waals surface area contributed by atoms with Crippen molar-refractivity contribution in [2.45, 2.75) is 6.92 Å². The van der Waals surface area contributed by atoms with Gasteiger partial charge in [-0.15, -0.1) is 0 Å². The van der Waals surface area contributed by atoms with Crippen LogP contribution in [0.1, 0.15) is 5.56 Å². The average Bonchev–Trinajstić information content (AvgIpc) is 2.01. The first-order chi connectivity index (χ1) is 6.00. The zero-order chi connectivity index (χ0) is 10.0. The highest BCUT2D eigenvalue weighted by Gasteiger charge is 2.07. The minimum atomic E-state index is -0.526. The van der Waals surface area contributed by atoms with Gasteiger partial charge in [-0.3, -0.25) is 4.79 Å². The molecule has 0 atom stereocenters. The van der Waals surface area contributed by atoms with Gasteiger partial charge in [-0.25, -0.2) is 0 Å². The minimum absolute atomic E-state index is 0.526. The molecular weight excluding hydrogens is 209 g/mol. The number of hydrogen-bond donors (Lipinski definition) is 0. The highest BCUT2D eigenvalue weighted by Crippen LogP contribution is 2.21. The summed E-state index contributed by atoms with van der Waals surface area (Å²) in [6, 6.07) is 5.35. The van der Waals surface area contributed by atoms with Crippen molar-refractivity contribution in [2.75, 3.05) is 11.9 Å². The van der Waals surface area contributed by atoms with E-state index in [0.29, 0.717) is 10.7 Å². The fraction of sp³-hybridized carbons (Fsp3) is 0.222. The molecule has 0 aliphatic carbocycles. The third-order valence-corrected chi connectivity index (χ3v) is 2.15. The van der Waals surface area contributed by atoms with Crippen molar-refractivity contribution in [3.63, 3.8) is 0 Å². The maximum absolute atomic E-state index is 10.8. The summed E-state index contributed by atoms with van der Waals surface area (Å²) in [6.45, 7) is 1.90. The lowest BCUT2D eigenvalue weighted by atomic mass is 10.2. The molecule has 0 saturated carbocycles. The first-order valence-electron chi connectivity index (χ1n) is 3.71. The van der Waals surface area contributed by atoms with Crippen molar-refractivity contribution in [1.29, 1.82) is 0 Å². The molecule has 1 aromatic carbocycles. The summed E-state index contributed by atoms with van der Waals surface area (Å²) < 4.78 is 0. The molecule has 0 radical (unpaired) electrons. The van der Waals surface area contributed by atoms with Gasteiger partial charge in [-0.2, -0.15) is 0 Å². The second kappa shape index (κ2) is 3.99.